The standard InChI is InChI=1S/C13H10N2O2S/c16-10-5-3-9(4-6-10)8-12-14-13(15-17-12)11-2-1-7-18-11/h1-7,16H,8H2. The molecule has 0 amide bonds. The second kappa shape index (κ2) is 4.62. The lowest BCUT2D eigenvalue weighted by molar-refractivity contribution is 0.385. The van der Waals surface area contributed by atoms with Crippen LogP contribution in [-0.4, -0.2) is 15.2 Å². The molecule has 18 heavy (non-hydrogen) atoms. The Morgan fingerprint density at radius 2 is 2.00 bits per heavy atom. The largest absolute Gasteiger partial charge is 0.508 e. The summed E-state index contributed by atoms with van der Waals surface area (Å²) >= 11 is 1.58. The summed E-state index contributed by atoms with van der Waals surface area (Å²) in [5.41, 5.74) is 1.02. The van der Waals surface area contributed by atoms with Gasteiger partial charge in [0.05, 0.1) is 11.3 Å². The van der Waals surface area contributed by atoms with Crippen LogP contribution in [0.1, 0.15) is 11.5 Å². The van der Waals surface area contributed by atoms with Gasteiger partial charge in [-0.15, -0.1) is 11.3 Å². The zero-order chi connectivity index (χ0) is 12.4. The van der Waals surface area contributed by atoms with Gasteiger partial charge in [-0.25, -0.2) is 0 Å². The molecule has 0 aliphatic rings. The molecule has 0 aliphatic heterocycles. The molecule has 90 valence electrons. The van der Waals surface area contributed by atoms with E-state index in [9.17, 15) is 5.11 Å². The Labute approximate surface area is 108 Å². The Morgan fingerprint density at radius 3 is 2.72 bits per heavy atom. The number of rotatable bonds is 3. The van der Waals surface area contributed by atoms with Crippen molar-refractivity contribution in [3.05, 3.63) is 53.2 Å². The van der Waals surface area contributed by atoms with Gasteiger partial charge in [0.25, 0.3) is 0 Å². The first kappa shape index (κ1) is 11.0. The highest BCUT2D eigenvalue weighted by Crippen LogP contribution is 2.22. The number of nitrogens with zero attached hydrogens (tertiary/aromatic N) is 2. The topological polar surface area (TPSA) is 59.2 Å². The molecular weight excluding hydrogens is 248 g/mol. The van der Waals surface area contributed by atoms with Crippen LogP contribution in [-0.2, 0) is 6.42 Å². The Hall–Kier alpha value is -2.14. The molecule has 0 aliphatic carbocycles. The molecule has 0 spiro atoms. The number of hydrogen-bond acceptors (Lipinski definition) is 5. The molecule has 0 radical (unpaired) electrons. The van der Waals surface area contributed by atoms with E-state index in [2.05, 4.69) is 10.1 Å². The van der Waals surface area contributed by atoms with Crippen LogP contribution < -0.4 is 0 Å². The van der Waals surface area contributed by atoms with Crippen LogP contribution in [0.5, 0.6) is 5.75 Å². The molecule has 1 aromatic carbocycles. The highest BCUT2D eigenvalue weighted by molar-refractivity contribution is 7.13. The average Bonchev–Trinajstić information content (AvgIpc) is 3.02. The predicted molar refractivity (Wildman–Crippen MR) is 68.5 cm³/mol. The van der Waals surface area contributed by atoms with Crippen molar-refractivity contribution < 1.29 is 9.63 Å². The Kier molecular flexibility index (Phi) is 2.82. The van der Waals surface area contributed by atoms with Crippen molar-refractivity contribution in [2.45, 2.75) is 6.42 Å². The minimum Gasteiger partial charge on any atom is -0.508 e. The second-order valence-electron chi connectivity index (χ2n) is 3.83. The predicted octanol–water partition coefficient (Wildman–Crippen LogP) is 3.09. The van der Waals surface area contributed by atoms with E-state index in [1.54, 1.807) is 23.5 Å². The van der Waals surface area contributed by atoms with E-state index in [1.165, 1.54) is 0 Å². The van der Waals surface area contributed by atoms with Crippen LogP contribution in [0.25, 0.3) is 10.7 Å². The van der Waals surface area contributed by atoms with Crippen molar-refractivity contribution in [3.8, 4) is 16.5 Å². The SMILES string of the molecule is Oc1ccc(Cc2nc(-c3cccs3)no2)cc1. The molecule has 0 saturated heterocycles. The monoisotopic (exact) mass is 258 g/mol. The van der Waals surface area contributed by atoms with E-state index in [-0.39, 0.29) is 5.75 Å². The molecule has 3 aromatic rings. The summed E-state index contributed by atoms with van der Waals surface area (Å²) in [5.74, 6) is 1.45. The summed E-state index contributed by atoms with van der Waals surface area (Å²) in [6.07, 6.45) is 0.568. The van der Waals surface area contributed by atoms with Gasteiger partial charge < -0.3 is 9.63 Å². The number of hydrogen-bond donors (Lipinski definition) is 1. The Balaban J connectivity index is 1.80. The fourth-order valence-electron chi connectivity index (χ4n) is 1.62. The summed E-state index contributed by atoms with van der Waals surface area (Å²) in [6.45, 7) is 0. The highest BCUT2D eigenvalue weighted by atomic mass is 32.1. The zero-order valence-electron chi connectivity index (χ0n) is 9.41. The normalized spacial score (nSPS) is 10.7. The lowest BCUT2D eigenvalue weighted by Crippen LogP contribution is -1.87. The van der Waals surface area contributed by atoms with Crippen LogP contribution in [0.4, 0.5) is 0 Å². The van der Waals surface area contributed by atoms with Crippen LogP contribution in [0.2, 0.25) is 0 Å². The first-order valence-corrected chi connectivity index (χ1v) is 6.33. The van der Waals surface area contributed by atoms with Gasteiger partial charge in [-0.1, -0.05) is 23.4 Å². The fourth-order valence-corrected chi connectivity index (χ4v) is 2.27. The van der Waals surface area contributed by atoms with Crippen LogP contribution in [0, 0.1) is 0 Å². The molecule has 2 heterocycles. The zero-order valence-corrected chi connectivity index (χ0v) is 10.2. The van der Waals surface area contributed by atoms with Crippen LogP contribution in [0.15, 0.2) is 46.3 Å². The van der Waals surface area contributed by atoms with Crippen LogP contribution >= 0.6 is 11.3 Å². The number of phenolic OH excluding ortho intramolecular Hbond substituents is 1. The summed E-state index contributed by atoms with van der Waals surface area (Å²) in [5, 5.41) is 15.1. The Bertz CT molecular complexity index is 629. The third-order valence-electron chi connectivity index (χ3n) is 2.50. The van der Waals surface area contributed by atoms with Gasteiger partial charge >= 0.3 is 0 Å². The molecule has 1 N–H and O–H groups in total. The minimum atomic E-state index is 0.253. The molecular formula is C13H10N2O2S. The first-order valence-electron chi connectivity index (χ1n) is 5.45. The fraction of sp³-hybridized carbons (Fsp3) is 0.0769. The van der Waals surface area contributed by atoms with E-state index in [1.807, 2.05) is 29.6 Å². The van der Waals surface area contributed by atoms with E-state index in [4.69, 9.17) is 4.52 Å². The minimum absolute atomic E-state index is 0.253. The molecule has 5 heteroatoms. The third-order valence-corrected chi connectivity index (χ3v) is 3.37. The average molecular weight is 258 g/mol. The number of thiophene rings is 1. The number of aromatic hydroxyl groups is 1. The van der Waals surface area contributed by atoms with Crippen molar-refractivity contribution in [2.24, 2.45) is 0 Å². The summed E-state index contributed by atoms with van der Waals surface area (Å²) < 4.78 is 5.21. The molecule has 0 fully saturated rings. The van der Waals surface area contributed by atoms with E-state index >= 15 is 0 Å². The van der Waals surface area contributed by atoms with Crippen molar-refractivity contribution in [3.63, 3.8) is 0 Å². The maximum atomic E-state index is 9.20. The summed E-state index contributed by atoms with van der Waals surface area (Å²) in [4.78, 5) is 5.34. The lowest BCUT2D eigenvalue weighted by Gasteiger charge is -1.96. The van der Waals surface area contributed by atoms with Crippen LogP contribution in [0.3, 0.4) is 0 Å². The number of phenols is 1. The van der Waals surface area contributed by atoms with Gasteiger partial charge in [-0.2, -0.15) is 4.98 Å². The van der Waals surface area contributed by atoms with Crippen molar-refractivity contribution in [1.82, 2.24) is 10.1 Å². The molecule has 0 unspecified atom stereocenters. The van der Waals surface area contributed by atoms with E-state index < -0.39 is 0 Å². The quantitative estimate of drug-likeness (QED) is 0.784. The van der Waals surface area contributed by atoms with Gasteiger partial charge in [0.15, 0.2) is 0 Å². The smallest absolute Gasteiger partial charge is 0.231 e. The van der Waals surface area contributed by atoms with Gasteiger partial charge in [0.1, 0.15) is 5.75 Å². The molecule has 0 atom stereocenters. The molecule has 4 nitrogen and oxygen atoms in total. The first-order chi connectivity index (χ1) is 8.81. The second-order valence-corrected chi connectivity index (χ2v) is 4.78. The molecule has 3 rings (SSSR count). The maximum Gasteiger partial charge on any atom is 0.231 e. The highest BCUT2D eigenvalue weighted by Gasteiger charge is 2.09. The van der Waals surface area contributed by atoms with Crippen molar-refractivity contribution >= 4 is 11.3 Å². The number of benzene rings is 1. The van der Waals surface area contributed by atoms with Gasteiger partial charge in [0.2, 0.25) is 11.7 Å². The number of aromatic nitrogens is 2. The lowest BCUT2D eigenvalue weighted by atomic mass is 10.1. The van der Waals surface area contributed by atoms with Gasteiger partial charge in [-0.05, 0) is 29.1 Å². The van der Waals surface area contributed by atoms with Gasteiger partial charge in [-0.3, -0.25) is 0 Å². The van der Waals surface area contributed by atoms with Crippen molar-refractivity contribution in [2.75, 3.05) is 0 Å². The van der Waals surface area contributed by atoms with Gasteiger partial charge in [0, 0.05) is 0 Å². The third kappa shape index (κ3) is 2.26. The molecule has 0 bridgehead atoms. The summed E-state index contributed by atoms with van der Waals surface area (Å²) in [7, 11) is 0. The van der Waals surface area contributed by atoms with Crippen molar-refractivity contribution in [1.29, 1.82) is 0 Å². The summed E-state index contributed by atoms with van der Waals surface area (Å²) in [6, 6.07) is 10.9. The molecule has 0 saturated carbocycles. The molecule has 2 aromatic heterocycles. The Morgan fingerprint density at radius 1 is 1.17 bits per heavy atom. The van der Waals surface area contributed by atoms with E-state index in [0.717, 1.165) is 10.4 Å². The maximum absolute atomic E-state index is 9.20. The van der Waals surface area contributed by atoms with E-state index in [0.29, 0.717) is 18.1 Å².